The molecule has 0 aliphatic heterocycles. The summed E-state index contributed by atoms with van der Waals surface area (Å²) in [6, 6.07) is 5.58. The summed E-state index contributed by atoms with van der Waals surface area (Å²) in [4.78, 5) is 21.5. The van der Waals surface area contributed by atoms with Crippen molar-refractivity contribution in [1.29, 1.82) is 0 Å². The van der Waals surface area contributed by atoms with Crippen molar-refractivity contribution in [3.05, 3.63) is 29.3 Å². The monoisotopic (exact) mass is 192 g/mol. The summed E-state index contributed by atoms with van der Waals surface area (Å²) < 4.78 is 0. The van der Waals surface area contributed by atoms with Gasteiger partial charge in [-0.05, 0) is 31.0 Å². The van der Waals surface area contributed by atoms with E-state index in [4.69, 9.17) is 5.73 Å². The topological polar surface area (TPSA) is 72.2 Å². The summed E-state index contributed by atoms with van der Waals surface area (Å²) in [5.41, 5.74) is 7.34. The molecule has 0 spiro atoms. The number of anilines is 1. The first-order chi connectivity index (χ1) is 6.50. The van der Waals surface area contributed by atoms with Gasteiger partial charge < -0.3 is 11.1 Å². The molecular weight excluding hydrogens is 180 g/mol. The van der Waals surface area contributed by atoms with Gasteiger partial charge in [0.25, 0.3) is 0 Å². The zero-order valence-corrected chi connectivity index (χ0v) is 8.13. The van der Waals surface area contributed by atoms with Gasteiger partial charge in [0.2, 0.25) is 0 Å². The van der Waals surface area contributed by atoms with Crippen molar-refractivity contribution in [2.45, 2.75) is 13.8 Å². The van der Waals surface area contributed by atoms with E-state index in [0.717, 1.165) is 11.1 Å². The Morgan fingerprint density at radius 2 is 1.93 bits per heavy atom. The first-order valence-electron chi connectivity index (χ1n) is 4.18. The summed E-state index contributed by atoms with van der Waals surface area (Å²) in [6.07, 6.45) is 0. The quantitative estimate of drug-likeness (QED) is 0.644. The van der Waals surface area contributed by atoms with E-state index < -0.39 is 11.8 Å². The number of aryl methyl sites for hydroxylation is 2. The molecule has 14 heavy (non-hydrogen) atoms. The summed E-state index contributed by atoms with van der Waals surface area (Å²) in [6.45, 7) is 3.75. The Kier molecular flexibility index (Phi) is 2.86. The maximum absolute atomic E-state index is 11.0. The SMILES string of the molecule is Cc1ccc(C)c(NC(=O)C(N)=O)c1. The maximum atomic E-state index is 11.0. The number of amides is 2. The van der Waals surface area contributed by atoms with Crippen LogP contribution in [-0.2, 0) is 9.59 Å². The van der Waals surface area contributed by atoms with Crippen LogP contribution in [0, 0.1) is 13.8 Å². The molecule has 0 unspecified atom stereocenters. The third-order valence-corrected chi connectivity index (χ3v) is 1.87. The molecule has 0 fully saturated rings. The predicted octanol–water partition coefficient (Wildman–Crippen LogP) is 0.727. The highest BCUT2D eigenvalue weighted by atomic mass is 16.2. The van der Waals surface area contributed by atoms with E-state index in [1.54, 1.807) is 6.07 Å². The molecule has 74 valence electrons. The molecule has 3 N–H and O–H groups in total. The molecule has 0 heterocycles. The van der Waals surface area contributed by atoms with E-state index in [1.807, 2.05) is 26.0 Å². The normalized spacial score (nSPS) is 9.57. The fourth-order valence-corrected chi connectivity index (χ4v) is 1.05. The van der Waals surface area contributed by atoms with Gasteiger partial charge in [0.05, 0.1) is 0 Å². The third-order valence-electron chi connectivity index (χ3n) is 1.87. The van der Waals surface area contributed by atoms with Crippen molar-refractivity contribution in [2.24, 2.45) is 5.73 Å². The van der Waals surface area contributed by atoms with Crippen LogP contribution in [0.5, 0.6) is 0 Å². The molecule has 1 aromatic rings. The molecule has 0 saturated heterocycles. The second-order valence-corrected chi connectivity index (χ2v) is 3.14. The lowest BCUT2D eigenvalue weighted by Gasteiger charge is -2.07. The lowest BCUT2D eigenvalue weighted by atomic mass is 10.1. The van der Waals surface area contributed by atoms with E-state index in [2.05, 4.69) is 5.32 Å². The van der Waals surface area contributed by atoms with Gasteiger partial charge in [-0.1, -0.05) is 12.1 Å². The van der Waals surface area contributed by atoms with Crippen molar-refractivity contribution in [2.75, 3.05) is 5.32 Å². The number of nitrogens with two attached hydrogens (primary N) is 1. The minimum absolute atomic E-state index is 0.619. The minimum atomic E-state index is -0.981. The minimum Gasteiger partial charge on any atom is -0.361 e. The Morgan fingerprint density at radius 3 is 2.50 bits per heavy atom. The Morgan fingerprint density at radius 1 is 1.29 bits per heavy atom. The van der Waals surface area contributed by atoms with Crippen LogP contribution in [0.3, 0.4) is 0 Å². The van der Waals surface area contributed by atoms with Crippen LogP contribution in [-0.4, -0.2) is 11.8 Å². The molecule has 0 saturated carbocycles. The van der Waals surface area contributed by atoms with Crippen LogP contribution in [0.2, 0.25) is 0 Å². The molecule has 0 atom stereocenters. The number of benzene rings is 1. The van der Waals surface area contributed by atoms with Crippen LogP contribution >= 0.6 is 0 Å². The van der Waals surface area contributed by atoms with Crippen molar-refractivity contribution < 1.29 is 9.59 Å². The van der Waals surface area contributed by atoms with Crippen molar-refractivity contribution in [3.8, 4) is 0 Å². The number of primary amides is 1. The van der Waals surface area contributed by atoms with Crippen molar-refractivity contribution >= 4 is 17.5 Å². The molecule has 1 rings (SSSR count). The van der Waals surface area contributed by atoms with Gasteiger partial charge in [-0.15, -0.1) is 0 Å². The van der Waals surface area contributed by atoms with Gasteiger partial charge >= 0.3 is 11.8 Å². The van der Waals surface area contributed by atoms with Crippen LogP contribution in [0.25, 0.3) is 0 Å². The Bertz CT molecular complexity index is 386. The number of hydrogen-bond donors (Lipinski definition) is 2. The average molecular weight is 192 g/mol. The zero-order valence-electron chi connectivity index (χ0n) is 8.13. The van der Waals surface area contributed by atoms with Gasteiger partial charge in [-0.2, -0.15) is 0 Å². The summed E-state index contributed by atoms with van der Waals surface area (Å²) >= 11 is 0. The van der Waals surface area contributed by atoms with Crippen molar-refractivity contribution in [3.63, 3.8) is 0 Å². The van der Waals surface area contributed by atoms with Crippen LogP contribution in [0.4, 0.5) is 5.69 Å². The Balaban J connectivity index is 2.91. The van der Waals surface area contributed by atoms with Gasteiger partial charge in [0.1, 0.15) is 0 Å². The largest absolute Gasteiger partial charge is 0.361 e. The van der Waals surface area contributed by atoms with Crippen LogP contribution in [0.15, 0.2) is 18.2 Å². The lowest BCUT2D eigenvalue weighted by molar-refractivity contribution is -0.134. The number of rotatable bonds is 1. The van der Waals surface area contributed by atoms with E-state index in [1.165, 1.54) is 0 Å². The summed E-state index contributed by atoms with van der Waals surface area (Å²) in [5, 5.41) is 2.44. The number of nitrogens with one attached hydrogen (secondary N) is 1. The maximum Gasteiger partial charge on any atom is 0.313 e. The van der Waals surface area contributed by atoms with Crippen LogP contribution in [0.1, 0.15) is 11.1 Å². The number of hydrogen-bond acceptors (Lipinski definition) is 2. The van der Waals surface area contributed by atoms with Crippen LogP contribution < -0.4 is 11.1 Å². The predicted molar refractivity (Wildman–Crippen MR) is 53.7 cm³/mol. The number of carbonyl (C=O) groups is 2. The second kappa shape index (κ2) is 3.91. The fraction of sp³-hybridized carbons (Fsp3) is 0.200. The highest BCUT2D eigenvalue weighted by Crippen LogP contribution is 2.15. The molecule has 1 aromatic carbocycles. The highest BCUT2D eigenvalue weighted by Gasteiger charge is 2.09. The molecule has 4 heteroatoms. The molecule has 0 aliphatic rings. The summed E-state index contributed by atoms with van der Waals surface area (Å²) in [5.74, 6) is -1.77. The zero-order chi connectivity index (χ0) is 10.7. The molecular formula is C10H12N2O2. The second-order valence-electron chi connectivity index (χ2n) is 3.14. The fourth-order valence-electron chi connectivity index (χ4n) is 1.05. The van der Waals surface area contributed by atoms with E-state index >= 15 is 0 Å². The summed E-state index contributed by atoms with van der Waals surface area (Å²) in [7, 11) is 0. The van der Waals surface area contributed by atoms with E-state index in [0.29, 0.717) is 5.69 Å². The Labute approximate surface area is 82.1 Å². The number of carbonyl (C=O) groups excluding carboxylic acids is 2. The lowest BCUT2D eigenvalue weighted by Crippen LogP contribution is -2.29. The molecule has 0 bridgehead atoms. The van der Waals surface area contributed by atoms with Gasteiger partial charge in [0.15, 0.2) is 0 Å². The van der Waals surface area contributed by atoms with Crippen molar-refractivity contribution in [1.82, 2.24) is 0 Å². The third kappa shape index (κ3) is 2.32. The average Bonchev–Trinajstić information content (AvgIpc) is 2.11. The first kappa shape index (κ1) is 10.2. The van der Waals surface area contributed by atoms with Gasteiger partial charge in [0, 0.05) is 5.69 Å². The molecule has 0 radical (unpaired) electrons. The van der Waals surface area contributed by atoms with Gasteiger partial charge in [-0.25, -0.2) is 0 Å². The standard InChI is InChI=1S/C10H12N2O2/c1-6-3-4-7(2)8(5-6)12-10(14)9(11)13/h3-5H,1-2H3,(H2,11,13)(H,12,14). The molecule has 0 aromatic heterocycles. The van der Waals surface area contributed by atoms with Gasteiger partial charge in [-0.3, -0.25) is 9.59 Å². The molecule has 2 amide bonds. The highest BCUT2D eigenvalue weighted by molar-refractivity contribution is 6.39. The molecule has 4 nitrogen and oxygen atoms in total. The smallest absolute Gasteiger partial charge is 0.313 e. The van der Waals surface area contributed by atoms with E-state index in [9.17, 15) is 9.59 Å². The molecule has 0 aliphatic carbocycles. The first-order valence-corrected chi connectivity index (χ1v) is 4.18. The Hall–Kier alpha value is -1.84. The van der Waals surface area contributed by atoms with E-state index in [-0.39, 0.29) is 0 Å².